The Bertz CT molecular complexity index is 2110. The first-order valence-electron chi connectivity index (χ1n) is 13.9. The first-order valence-corrected chi connectivity index (χ1v) is 13.9. The Hall–Kier alpha value is -5.46. The summed E-state index contributed by atoms with van der Waals surface area (Å²) in [5, 5.41) is 23.3. The van der Waals surface area contributed by atoms with E-state index in [2.05, 4.69) is 15.6 Å². The molecule has 0 radical (unpaired) electrons. The Kier molecular flexibility index (Phi) is 7.83. The van der Waals surface area contributed by atoms with Gasteiger partial charge in [-0.2, -0.15) is 0 Å². The van der Waals surface area contributed by atoms with Gasteiger partial charge in [0.15, 0.2) is 0 Å². The highest BCUT2D eigenvalue weighted by atomic mass is 19.1. The number of hydrogen-bond donors (Lipinski definition) is 2. The monoisotopic (exact) mass is 611 g/mol. The van der Waals surface area contributed by atoms with Gasteiger partial charge in [0.2, 0.25) is 0 Å². The predicted octanol–water partition coefficient (Wildman–Crippen LogP) is 5.09. The molecule has 2 N–H and O–H groups in total. The van der Waals surface area contributed by atoms with Gasteiger partial charge < -0.3 is 14.8 Å². The summed E-state index contributed by atoms with van der Waals surface area (Å²) in [5.41, 5.74) is 3.21. The lowest BCUT2D eigenvalue weighted by Gasteiger charge is -2.20. The molecule has 1 atom stereocenters. The van der Waals surface area contributed by atoms with Crippen molar-refractivity contribution in [1.82, 2.24) is 20.3 Å². The van der Waals surface area contributed by atoms with E-state index in [1.54, 1.807) is 37.4 Å². The summed E-state index contributed by atoms with van der Waals surface area (Å²) in [5.74, 6) is -1.02. The number of anilines is 1. The topological polar surface area (TPSA) is 123 Å². The SMILES string of the molecule is CNC(=O)c1c(-c2ccc(F)cc2)oc2cc(N(C)OC)c(-c3ccc4nnn([C@H](CO)c5ccc(F)cc5)c(=O)c4c3)cc12. The number of aliphatic hydroxyl groups is 1. The third-order valence-corrected chi connectivity index (χ3v) is 7.70. The molecule has 12 heteroatoms. The van der Waals surface area contributed by atoms with Crippen LogP contribution in [0.4, 0.5) is 14.5 Å². The third-order valence-electron chi connectivity index (χ3n) is 7.70. The number of amides is 1. The number of aliphatic hydroxyl groups excluding tert-OH is 1. The molecular weight excluding hydrogens is 584 g/mol. The van der Waals surface area contributed by atoms with Crippen molar-refractivity contribution in [3.8, 4) is 22.5 Å². The number of nitrogens with zero attached hydrogens (tertiary/aromatic N) is 4. The average Bonchev–Trinajstić information content (AvgIpc) is 3.44. The van der Waals surface area contributed by atoms with E-state index >= 15 is 0 Å². The second kappa shape index (κ2) is 11.9. The van der Waals surface area contributed by atoms with Crippen molar-refractivity contribution in [2.45, 2.75) is 6.04 Å². The van der Waals surface area contributed by atoms with E-state index in [1.165, 1.54) is 67.8 Å². The molecule has 0 saturated heterocycles. The summed E-state index contributed by atoms with van der Waals surface area (Å²) in [4.78, 5) is 32.4. The van der Waals surface area contributed by atoms with Crippen LogP contribution in [0.25, 0.3) is 44.3 Å². The molecule has 0 fully saturated rings. The lowest BCUT2D eigenvalue weighted by molar-refractivity contribution is 0.0964. The average molecular weight is 612 g/mol. The molecule has 0 spiro atoms. The highest BCUT2D eigenvalue weighted by Crippen LogP contribution is 2.41. The number of carbonyl (C=O) groups excluding carboxylic acids is 1. The Morgan fingerprint density at radius 1 is 1.00 bits per heavy atom. The molecule has 45 heavy (non-hydrogen) atoms. The molecular formula is C33H27F2N5O5. The van der Waals surface area contributed by atoms with Gasteiger partial charge in [0, 0.05) is 36.7 Å². The van der Waals surface area contributed by atoms with Crippen LogP contribution < -0.4 is 15.9 Å². The molecule has 0 aliphatic rings. The number of furan rings is 1. The highest BCUT2D eigenvalue weighted by Gasteiger charge is 2.25. The van der Waals surface area contributed by atoms with E-state index in [0.29, 0.717) is 44.4 Å². The Balaban J connectivity index is 1.56. The zero-order valence-corrected chi connectivity index (χ0v) is 24.4. The number of fused-ring (bicyclic) bond motifs is 2. The molecule has 6 rings (SSSR count). The quantitative estimate of drug-likeness (QED) is 0.228. The van der Waals surface area contributed by atoms with Crippen molar-refractivity contribution in [2.75, 3.05) is 32.9 Å². The van der Waals surface area contributed by atoms with E-state index in [1.807, 2.05) is 0 Å². The normalized spacial score (nSPS) is 12.0. The number of halogens is 2. The fourth-order valence-electron chi connectivity index (χ4n) is 5.31. The largest absolute Gasteiger partial charge is 0.455 e. The first-order chi connectivity index (χ1) is 21.7. The Labute approximate surface area is 255 Å². The third kappa shape index (κ3) is 5.30. The zero-order valence-electron chi connectivity index (χ0n) is 24.4. The molecule has 6 aromatic rings. The van der Waals surface area contributed by atoms with Gasteiger partial charge >= 0.3 is 0 Å². The molecule has 228 valence electrons. The van der Waals surface area contributed by atoms with Crippen LogP contribution in [0, 0.1) is 11.6 Å². The molecule has 2 heterocycles. The van der Waals surface area contributed by atoms with Gasteiger partial charge in [-0.1, -0.05) is 23.4 Å². The maximum absolute atomic E-state index is 13.8. The molecule has 0 aliphatic carbocycles. The molecule has 0 saturated carbocycles. The van der Waals surface area contributed by atoms with Crippen molar-refractivity contribution in [3.63, 3.8) is 0 Å². The number of hydroxylamine groups is 1. The summed E-state index contributed by atoms with van der Waals surface area (Å²) in [6.07, 6.45) is 0. The van der Waals surface area contributed by atoms with Crippen molar-refractivity contribution >= 4 is 33.5 Å². The Morgan fingerprint density at radius 3 is 2.31 bits per heavy atom. The van der Waals surface area contributed by atoms with Gasteiger partial charge in [0.25, 0.3) is 11.5 Å². The number of nitrogens with one attached hydrogen (secondary N) is 1. The summed E-state index contributed by atoms with van der Waals surface area (Å²) in [7, 11) is 4.70. The standard InChI is InChI=1S/C33H27F2N5O5/c1-36-32(42)30-25-15-23(27(39(2)44-3)16-29(25)45-31(30)19-6-11-22(35)12-7-19)20-8-13-26-24(14-20)33(43)40(38-37-26)28(17-41)18-4-9-21(34)10-5-18/h4-16,28,41H,17H2,1-3H3,(H,36,42)/t28-/m1/s1. The summed E-state index contributed by atoms with van der Waals surface area (Å²) >= 11 is 0. The van der Waals surface area contributed by atoms with Gasteiger partial charge in [-0.15, -0.1) is 5.10 Å². The summed E-state index contributed by atoms with van der Waals surface area (Å²) < 4.78 is 34.5. The first kappa shape index (κ1) is 29.6. The van der Waals surface area contributed by atoms with Gasteiger partial charge in [-0.3, -0.25) is 19.5 Å². The maximum Gasteiger partial charge on any atom is 0.278 e. The van der Waals surface area contributed by atoms with Crippen LogP contribution in [0.15, 0.2) is 88.1 Å². The van der Waals surface area contributed by atoms with Crippen molar-refractivity contribution in [2.24, 2.45) is 0 Å². The molecule has 0 bridgehead atoms. The lowest BCUT2D eigenvalue weighted by atomic mass is 9.97. The fourth-order valence-corrected chi connectivity index (χ4v) is 5.31. The smallest absolute Gasteiger partial charge is 0.278 e. The van der Waals surface area contributed by atoms with E-state index in [-0.39, 0.29) is 16.7 Å². The minimum atomic E-state index is -0.892. The van der Waals surface area contributed by atoms with Gasteiger partial charge in [-0.05, 0) is 65.7 Å². The van der Waals surface area contributed by atoms with E-state index in [9.17, 15) is 23.5 Å². The maximum atomic E-state index is 13.8. The molecule has 1 amide bonds. The summed E-state index contributed by atoms with van der Waals surface area (Å²) in [6, 6.07) is 18.7. The number of carbonyl (C=O) groups is 1. The second-order valence-corrected chi connectivity index (χ2v) is 10.3. The summed E-state index contributed by atoms with van der Waals surface area (Å²) in [6.45, 7) is -0.468. The van der Waals surface area contributed by atoms with Gasteiger partial charge in [0.05, 0.1) is 30.4 Å². The van der Waals surface area contributed by atoms with E-state index in [4.69, 9.17) is 9.25 Å². The number of aromatic nitrogens is 3. The minimum Gasteiger partial charge on any atom is -0.455 e. The van der Waals surface area contributed by atoms with Crippen LogP contribution in [-0.2, 0) is 4.84 Å². The van der Waals surface area contributed by atoms with Crippen LogP contribution in [0.1, 0.15) is 22.0 Å². The van der Waals surface area contributed by atoms with Crippen LogP contribution in [0.2, 0.25) is 0 Å². The lowest BCUT2D eigenvalue weighted by Crippen LogP contribution is -2.31. The molecule has 4 aromatic carbocycles. The zero-order chi connectivity index (χ0) is 31.8. The number of benzene rings is 4. The van der Waals surface area contributed by atoms with Gasteiger partial charge in [-0.25, -0.2) is 13.5 Å². The van der Waals surface area contributed by atoms with Crippen molar-refractivity contribution < 1.29 is 27.9 Å². The van der Waals surface area contributed by atoms with E-state index in [0.717, 1.165) is 4.68 Å². The molecule has 10 nitrogen and oxygen atoms in total. The molecule has 2 aromatic heterocycles. The van der Waals surface area contributed by atoms with Crippen LogP contribution in [0.5, 0.6) is 0 Å². The highest BCUT2D eigenvalue weighted by molar-refractivity contribution is 6.13. The predicted molar refractivity (Wildman–Crippen MR) is 165 cm³/mol. The van der Waals surface area contributed by atoms with Crippen LogP contribution in [-0.4, -0.2) is 53.8 Å². The van der Waals surface area contributed by atoms with E-state index < -0.39 is 35.7 Å². The van der Waals surface area contributed by atoms with Crippen molar-refractivity contribution in [3.05, 3.63) is 112 Å². The minimum absolute atomic E-state index is 0.222. The number of rotatable bonds is 8. The van der Waals surface area contributed by atoms with Gasteiger partial charge in [0.1, 0.15) is 34.5 Å². The van der Waals surface area contributed by atoms with Crippen LogP contribution >= 0.6 is 0 Å². The van der Waals surface area contributed by atoms with Crippen LogP contribution in [0.3, 0.4) is 0 Å². The molecule has 0 unspecified atom stereocenters. The second-order valence-electron chi connectivity index (χ2n) is 10.3. The Morgan fingerprint density at radius 2 is 1.67 bits per heavy atom. The molecule has 0 aliphatic heterocycles. The number of hydrogen-bond acceptors (Lipinski definition) is 8. The van der Waals surface area contributed by atoms with Crippen molar-refractivity contribution in [1.29, 1.82) is 0 Å². The fraction of sp³-hybridized carbons (Fsp3) is 0.152.